The zero-order chi connectivity index (χ0) is 15.2. The van der Waals surface area contributed by atoms with Gasteiger partial charge in [0.2, 0.25) is 5.88 Å². The molecule has 0 spiro atoms. The average Bonchev–Trinajstić information content (AvgIpc) is 2.50. The summed E-state index contributed by atoms with van der Waals surface area (Å²) in [7, 11) is 1.61. The number of likely N-dealkylation sites (N-methyl/N-ethyl adjacent to an activating group) is 1. The van der Waals surface area contributed by atoms with Crippen LogP contribution in [0.5, 0.6) is 5.88 Å². The molecule has 2 heterocycles. The first kappa shape index (κ1) is 16.0. The summed E-state index contributed by atoms with van der Waals surface area (Å²) in [5.41, 5.74) is 0.371. The summed E-state index contributed by atoms with van der Waals surface area (Å²) >= 11 is 6.14. The number of hydrogen-bond acceptors (Lipinski definition) is 5. The fourth-order valence-corrected chi connectivity index (χ4v) is 2.26. The van der Waals surface area contributed by atoms with Crippen molar-refractivity contribution >= 4 is 17.5 Å². The molecule has 1 amide bonds. The number of nitrogens with zero attached hydrogens (tertiary/aromatic N) is 2. The number of ether oxygens (including phenoxy) is 2. The van der Waals surface area contributed by atoms with Gasteiger partial charge in [0.25, 0.3) is 5.91 Å². The summed E-state index contributed by atoms with van der Waals surface area (Å²) in [6, 6.07) is 1.54. The molecule has 7 heteroatoms. The summed E-state index contributed by atoms with van der Waals surface area (Å²) in [6.07, 6.45) is 3.09. The predicted molar refractivity (Wildman–Crippen MR) is 77.8 cm³/mol. The monoisotopic (exact) mass is 314 g/mol. The Kier molecular flexibility index (Phi) is 5.78. The van der Waals surface area contributed by atoms with Gasteiger partial charge in [0.05, 0.1) is 25.4 Å². The van der Waals surface area contributed by atoms with Crippen LogP contribution < -0.4 is 4.74 Å². The first-order chi connectivity index (χ1) is 10.1. The molecule has 1 aromatic heterocycles. The molecule has 1 N–H and O–H groups in total. The Bertz CT molecular complexity index is 492. The first-order valence-electron chi connectivity index (χ1n) is 6.88. The van der Waals surface area contributed by atoms with Crippen LogP contribution in [0, 0.1) is 0 Å². The van der Waals surface area contributed by atoms with E-state index in [9.17, 15) is 4.79 Å². The van der Waals surface area contributed by atoms with Crippen molar-refractivity contribution in [2.45, 2.75) is 18.9 Å². The number of rotatable bonds is 5. The Morgan fingerprint density at radius 3 is 2.90 bits per heavy atom. The van der Waals surface area contributed by atoms with Crippen molar-refractivity contribution in [3.05, 3.63) is 22.8 Å². The van der Waals surface area contributed by atoms with Crippen molar-refractivity contribution < 1.29 is 19.4 Å². The Hall–Kier alpha value is -1.37. The molecule has 1 aliphatic rings. The zero-order valence-electron chi connectivity index (χ0n) is 11.9. The third-order valence-corrected chi connectivity index (χ3v) is 3.55. The van der Waals surface area contributed by atoms with E-state index in [1.165, 1.54) is 11.1 Å². The molecular weight excluding hydrogens is 296 g/mol. The van der Waals surface area contributed by atoms with Gasteiger partial charge in [-0.2, -0.15) is 0 Å². The van der Waals surface area contributed by atoms with Crippen molar-refractivity contribution in [1.29, 1.82) is 0 Å². The second-order valence-electron chi connectivity index (χ2n) is 4.89. The van der Waals surface area contributed by atoms with E-state index in [2.05, 4.69) is 4.98 Å². The van der Waals surface area contributed by atoms with Crippen molar-refractivity contribution in [3.63, 3.8) is 0 Å². The highest BCUT2D eigenvalue weighted by molar-refractivity contribution is 6.32. The van der Waals surface area contributed by atoms with E-state index < -0.39 is 0 Å². The van der Waals surface area contributed by atoms with E-state index in [0.717, 1.165) is 12.8 Å². The summed E-state index contributed by atoms with van der Waals surface area (Å²) in [6.45, 7) is 1.51. The van der Waals surface area contributed by atoms with Crippen LogP contribution in [0.4, 0.5) is 0 Å². The van der Waals surface area contributed by atoms with Crippen LogP contribution in [0.25, 0.3) is 0 Å². The van der Waals surface area contributed by atoms with Crippen LogP contribution in [-0.4, -0.2) is 60.4 Å². The molecule has 1 aliphatic heterocycles. The van der Waals surface area contributed by atoms with Crippen molar-refractivity contribution in [2.24, 2.45) is 0 Å². The molecule has 1 aromatic rings. The van der Waals surface area contributed by atoms with Gasteiger partial charge in [-0.15, -0.1) is 0 Å². The van der Waals surface area contributed by atoms with E-state index in [1.807, 2.05) is 0 Å². The quantitative estimate of drug-likeness (QED) is 0.888. The smallest absolute Gasteiger partial charge is 0.255 e. The van der Waals surface area contributed by atoms with Crippen LogP contribution in [0.2, 0.25) is 5.02 Å². The molecule has 2 rings (SSSR count). The Morgan fingerprint density at radius 2 is 2.29 bits per heavy atom. The third-order valence-electron chi connectivity index (χ3n) is 3.28. The van der Waals surface area contributed by atoms with E-state index >= 15 is 0 Å². The molecule has 0 saturated carbocycles. The van der Waals surface area contributed by atoms with Gasteiger partial charge in [-0.05, 0) is 6.07 Å². The number of amides is 1. The van der Waals surface area contributed by atoms with Crippen LogP contribution in [-0.2, 0) is 4.74 Å². The molecular formula is C14H19ClN2O4. The molecule has 21 heavy (non-hydrogen) atoms. The standard InChI is InChI=1S/C14H19ClN2O4/c1-17(4-5-18)14(19)10-8-12(15)13(16-9-10)21-11-2-6-20-7-3-11/h8-9,11,18H,2-7H2,1H3. The number of hydrogen-bond donors (Lipinski definition) is 1. The predicted octanol–water partition coefficient (Wildman–Crippen LogP) is 1.36. The Labute approximate surface area is 128 Å². The molecule has 0 atom stereocenters. The number of carbonyl (C=O) groups excluding carboxylic acids is 1. The van der Waals surface area contributed by atoms with Gasteiger partial charge in [-0.1, -0.05) is 11.6 Å². The van der Waals surface area contributed by atoms with E-state index in [-0.39, 0.29) is 25.2 Å². The maximum atomic E-state index is 12.0. The van der Waals surface area contributed by atoms with E-state index in [0.29, 0.717) is 29.7 Å². The highest BCUT2D eigenvalue weighted by Gasteiger charge is 2.19. The molecule has 0 unspecified atom stereocenters. The maximum Gasteiger partial charge on any atom is 0.255 e. The van der Waals surface area contributed by atoms with Gasteiger partial charge in [-0.3, -0.25) is 4.79 Å². The van der Waals surface area contributed by atoms with E-state index in [1.54, 1.807) is 13.1 Å². The molecule has 116 valence electrons. The number of aromatic nitrogens is 1. The minimum Gasteiger partial charge on any atom is -0.473 e. The number of halogens is 1. The van der Waals surface area contributed by atoms with Crippen LogP contribution in [0.3, 0.4) is 0 Å². The largest absolute Gasteiger partial charge is 0.473 e. The van der Waals surface area contributed by atoms with Crippen LogP contribution in [0.15, 0.2) is 12.3 Å². The summed E-state index contributed by atoms with van der Waals surface area (Å²) in [5.74, 6) is 0.0981. The number of aliphatic hydroxyl groups excluding tert-OH is 1. The lowest BCUT2D eigenvalue weighted by molar-refractivity contribution is 0.0238. The summed E-state index contributed by atoms with van der Waals surface area (Å²) in [4.78, 5) is 17.6. The van der Waals surface area contributed by atoms with Gasteiger partial charge < -0.3 is 19.5 Å². The number of pyridine rings is 1. The SMILES string of the molecule is CN(CCO)C(=O)c1cnc(OC2CCOCC2)c(Cl)c1. The molecule has 0 aromatic carbocycles. The highest BCUT2D eigenvalue weighted by Crippen LogP contribution is 2.25. The van der Waals surface area contributed by atoms with Crippen molar-refractivity contribution in [2.75, 3.05) is 33.4 Å². The number of carbonyl (C=O) groups is 1. The third kappa shape index (κ3) is 4.30. The lowest BCUT2D eigenvalue weighted by Crippen LogP contribution is -2.29. The second-order valence-corrected chi connectivity index (χ2v) is 5.30. The van der Waals surface area contributed by atoms with Gasteiger partial charge >= 0.3 is 0 Å². The number of aliphatic hydroxyl groups is 1. The Morgan fingerprint density at radius 1 is 1.57 bits per heavy atom. The molecule has 0 bridgehead atoms. The van der Waals surface area contributed by atoms with Crippen molar-refractivity contribution in [1.82, 2.24) is 9.88 Å². The fourth-order valence-electron chi connectivity index (χ4n) is 2.05. The van der Waals surface area contributed by atoms with Gasteiger partial charge in [0.1, 0.15) is 11.1 Å². The van der Waals surface area contributed by atoms with Gasteiger partial charge in [0, 0.05) is 32.6 Å². The van der Waals surface area contributed by atoms with E-state index in [4.69, 9.17) is 26.2 Å². The average molecular weight is 315 g/mol. The second kappa shape index (κ2) is 7.59. The van der Waals surface area contributed by atoms with Crippen LogP contribution in [0.1, 0.15) is 23.2 Å². The molecule has 0 radical (unpaired) electrons. The highest BCUT2D eigenvalue weighted by atomic mass is 35.5. The first-order valence-corrected chi connectivity index (χ1v) is 7.26. The molecule has 6 nitrogen and oxygen atoms in total. The lowest BCUT2D eigenvalue weighted by atomic mass is 10.1. The zero-order valence-corrected chi connectivity index (χ0v) is 12.7. The minimum absolute atomic E-state index is 0.0439. The van der Waals surface area contributed by atoms with Gasteiger partial charge in [-0.25, -0.2) is 4.98 Å². The Balaban J connectivity index is 2.04. The fraction of sp³-hybridized carbons (Fsp3) is 0.571. The molecule has 0 aliphatic carbocycles. The minimum atomic E-state index is -0.240. The normalized spacial score (nSPS) is 15.8. The van der Waals surface area contributed by atoms with Crippen molar-refractivity contribution in [3.8, 4) is 5.88 Å². The van der Waals surface area contributed by atoms with Crippen LogP contribution >= 0.6 is 11.6 Å². The molecule has 1 saturated heterocycles. The lowest BCUT2D eigenvalue weighted by Gasteiger charge is -2.23. The van der Waals surface area contributed by atoms with Gasteiger partial charge in [0.15, 0.2) is 0 Å². The topological polar surface area (TPSA) is 71.9 Å². The maximum absolute atomic E-state index is 12.0. The summed E-state index contributed by atoms with van der Waals surface area (Å²) in [5, 5.41) is 9.16. The molecule has 1 fully saturated rings. The summed E-state index contributed by atoms with van der Waals surface area (Å²) < 4.78 is 11.0.